The Morgan fingerprint density at radius 1 is 1.11 bits per heavy atom. The molecule has 0 spiro atoms. The van der Waals surface area contributed by atoms with Crippen LogP contribution in [0.15, 0.2) is 62.9 Å². The van der Waals surface area contributed by atoms with E-state index in [1.54, 1.807) is 12.6 Å². The number of anilines is 1. The molecule has 2 rings (SSSR count). The third-order valence-corrected chi connectivity index (χ3v) is 6.19. The molecule has 0 heterocycles. The van der Waals surface area contributed by atoms with E-state index < -0.39 is 12.1 Å². The molecule has 0 fully saturated rings. The van der Waals surface area contributed by atoms with E-state index in [-0.39, 0.29) is 18.9 Å². The highest BCUT2D eigenvalue weighted by atomic mass is 32.2. The van der Waals surface area contributed by atoms with Gasteiger partial charge in [0.15, 0.2) is 5.78 Å². The van der Waals surface area contributed by atoms with Gasteiger partial charge in [0.25, 0.3) is 0 Å². The number of hydrogen-bond donors (Lipinski definition) is 1. The smallest absolute Gasteiger partial charge is 0.408 e. The number of hydrogen-bond acceptors (Lipinski definition) is 7. The Bertz CT molecular complexity index is 1020. The van der Waals surface area contributed by atoms with Crippen LogP contribution < -0.4 is 10.2 Å². The molecule has 0 aromatic heterocycles. The Morgan fingerprint density at radius 3 is 2.37 bits per heavy atom. The number of benzene rings is 2. The lowest BCUT2D eigenvalue weighted by atomic mass is 10.1. The first-order valence-electron chi connectivity index (χ1n) is 11.3. The summed E-state index contributed by atoms with van der Waals surface area (Å²) in [6, 6.07) is 12.9. The summed E-state index contributed by atoms with van der Waals surface area (Å²) in [5.41, 5.74) is 5.95. The van der Waals surface area contributed by atoms with Crippen molar-refractivity contribution in [3.05, 3.63) is 59.2 Å². The van der Waals surface area contributed by atoms with E-state index in [4.69, 9.17) is 4.74 Å². The topological polar surface area (TPSA) is 99.0 Å². The van der Waals surface area contributed by atoms with E-state index in [2.05, 4.69) is 51.7 Å². The fourth-order valence-corrected chi connectivity index (χ4v) is 3.93. The fourth-order valence-electron chi connectivity index (χ4n) is 3.24. The van der Waals surface area contributed by atoms with Gasteiger partial charge in [-0.2, -0.15) is 0 Å². The zero-order valence-electron chi connectivity index (χ0n) is 21.2. The highest BCUT2D eigenvalue weighted by Crippen LogP contribution is 2.29. The van der Waals surface area contributed by atoms with Gasteiger partial charge in [-0.3, -0.25) is 9.80 Å². The van der Waals surface area contributed by atoms with Crippen molar-refractivity contribution in [2.45, 2.75) is 44.7 Å². The number of thioether (sulfide) groups is 1. The summed E-state index contributed by atoms with van der Waals surface area (Å²) >= 11 is 1.47. The van der Waals surface area contributed by atoms with Crippen LogP contribution in [0.25, 0.3) is 0 Å². The molecule has 0 saturated carbocycles. The van der Waals surface area contributed by atoms with Crippen LogP contribution >= 0.6 is 11.8 Å². The summed E-state index contributed by atoms with van der Waals surface area (Å²) in [7, 11) is 5.65. The van der Waals surface area contributed by atoms with Crippen LogP contribution in [-0.2, 0) is 16.1 Å². The SMILES string of the molecule is CCC(NC(=O)OCc1ccccc1)C(=O)CN(C)/N=N\N=C/Sc1c(C)cc(N(C)C)cc1C. The summed E-state index contributed by atoms with van der Waals surface area (Å²) in [4.78, 5) is 27.8. The Kier molecular flexibility index (Phi) is 11.2. The van der Waals surface area contributed by atoms with Crippen LogP contribution in [-0.4, -0.2) is 56.2 Å². The lowest BCUT2D eigenvalue weighted by molar-refractivity contribution is -0.122. The van der Waals surface area contributed by atoms with Gasteiger partial charge in [0.2, 0.25) is 0 Å². The molecule has 1 N–H and O–H groups in total. The standard InChI is InChI=1S/C25H34N6O3S/c1-7-22(27-25(33)34-16-20-11-9-8-10-12-20)23(32)15-31(6)29-28-26-17-35-24-18(2)13-21(30(4)5)14-19(24)3/h8-14,17,22H,7,15-16H2,1-6H3,(H,27,33)/b26-17-,29-28-. The third-order valence-electron chi connectivity index (χ3n) is 5.11. The van der Waals surface area contributed by atoms with Crippen molar-refractivity contribution in [1.82, 2.24) is 10.3 Å². The van der Waals surface area contributed by atoms with Crippen molar-refractivity contribution in [2.24, 2.45) is 15.5 Å². The molecule has 1 amide bonds. The number of likely N-dealkylation sites (N-methyl/N-ethyl adjacent to an activating group) is 1. The number of ketones is 1. The number of Topliss-reactive ketones (excluding diaryl/α,β-unsaturated/α-hetero) is 1. The second kappa shape index (κ2) is 14.1. The van der Waals surface area contributed by atoms with Crippen LogP contribution in [0.2, 0.25) is 0 Å². The minimum Gasteiger partial charge on any atom is -0.445 e. The normalized spacial score (nSPS) is 12.1. The second-order valence-corrected chi connectivity index (χ2v) is 9.12. The van der Waals surface area contributed by atoms with E-state index in [9.17, 15) is 9.59 Å². The maximum absolute atomic E-state index is 12.6. The predicted octanol–water partition coefficient (Wildman–Crippen LogP) is 4.98. The molecule has 2 aromatic rings. The third kappa shape index (κ3) is 9.40. The number of nitrogens with zero attached hydrogens (tertiary/aromatic N) is 5. The molecule has 0 bridgehead atoms. The molecular formula is C25H34N6O3S. The molecule has 0 radical (unpaired) electrons. The minimum absolute atomic E-state index is 0.0200. The average Bonchev–Trinajstić information content (AvgIpc) is 2.82. The van der Waals surface area contributed by atoms with E-state index in [0.717, 1.165) is 27.3 Å². The lowest BCUT2D eigenvalue weighted by Gasteiger charge is -2.18. The van der Waals surface area contributed by atoms with Gasteiger partial charge in [-0.15, -0.1) is 5.10 Å². The average molecular weight is 499 g/mol. The highest BCUT2D eigenvalue weighted by molar-refractivity contribution is 8.12. The van der Waals surface area contributed by atoms with Gasteiger partial charge in [0.1, 0.15) is 6.61 Å². The minimum atomic E-state index is -0.675. The number of alkyl carbamates (subject to hydrolysis) is 1. The molecule has 0 aliphatic carbocycles. The summed E-state index contributed by atoms with van der Waals surface area (Å²) in [6.45, 7) is 6.06. The number of amides is 1. The van der Waals surface area contributed by atoms with Crippen LogP contribution in [0.4, 0.5) is 10.5 Å². The number of carbonyl (C=O) groups excluding carboxylic acids is 2. The molecule has 1 unspecified atom stereocenters. The van der Waals surface area contributed by atoms with E-state index in [1.807, 2.05) is 51.4 Å². The van der Waals surface area contributed by atoms with E-state index in [0.29, 0.717) is 6.42 Å². The summed E-state index contributed by atoms with van der Waals surface area (Å²) in [5.74, 6) is -0.198. The van der Waals surface area contributed by atoms with Gasteiger partial charge in [-0.1, -0.05) is 54.2 Å². The number of carbonyl (C=O) groups is 2. The molecule has 188 valence electrons. The lowest BCUT2D eigenvalue weighted by Crippen LogP contribution is -2.43. The number of rotatable bonds is 12. The summed E-state index contributed by atoms with van der Waals surface area (Å²) in [5, 5.41) is 15.7. The first kappa shape index (κ1) is 27.8. The van der Waals surface area contributed by atoms with Crippen LogP contribution in [0.3, 0.4) is 0 Å². The predicted molar refractivity (Wildman–Crippen MR) is 141 cm³/mol. The van der Waals surface area contributed by atoms with Crippen LogP contribution in [0, 0.1) is 13.8 Å². The molecule has 10 heteroatoms. The van der Waals surface area contributed by atoms with E-state index >= 15 is 0 Å². The van der Waals surface area contributed by atoms with Crippen molar-refractivity contribution >= 4 is 34.9 Å². The number of nitrogens with one attached hydrogen (secondary N) is 1. The van der Waals surface area contributed by atoms with Crippen molar-refractivity contribution < 1.29 is 14.3 Å². The first-order chi connectivity index (χ1) is 16.7. The van der Waals surface area contributed by atoms with Crippen LogP contribution in [0.1, 0.15) is 30.0 Å². The van der Waals surface area contributed by atoms with Crippen molar-refractivity contribution in [2.75, 3.05) is 32.6 Å². The monoisotopic (exact) mass is 498 g/mol. The molecule has 0 aliphatic rings. The zero-order valence-corrected chi connectivity index (χ0v) is 22.0. The van der Waals surface area contributed by atoms with Gasteiger partial charge in [-0.05, 0) is 54.3 Å². The molecule has 0 saturated heterocycles. The number of ether oxygens (including phenoxy) is 1. The fraction of sp³-hybridized carbons (Fsp3) is 0.400. The summed E-state index contributed by atoms with van der Waals surface area (Å²) < 4.78 is 5.20. The second-order valence-electron chi connectivity index (χ2n) is 8.27. The molecular weight excluding hydrogens is 464 g/mol. The van der Waals surface area contributed by atoms with Gasteiger partial charge in [-0.25, -0.2) is 4.79 Å². The van der Waals surface area contributed by atoms with Crippen molar-refractivity contribution in [3.63, 3.8) is 0 Å². The molecule has 2 aromatic carbocycles. The highest BCUT2D eigenvalue weighted by Gasteiger charge is 2.20. The van der Waals surface area contributed by atoms with Crippen molar-refractivity contribution in [1.29, 1.82) is 0 Å². The maximum atomic E-state index is 12.6. The van der Waals surface area contributed by atoms with Gasteiger partial charge < -0.3 is 15.0 Å². The zero-order chi connectivity index (χ0) is 25.8. The maximum Gasteiger partial charge on any atom is 0.408 e. The quantitative estimate of drug-likeness (QED) is 0.146. The Labute approximate surface area is 211 Å². The molecule has 1 atom stereocenters. The Balaban J connectivity index is 1.80. The van der Waals surface area contributed by atoms with E-state index in [1.165, 1.54) is 16.8 Å². The van der Waals surface area contributed by atoms with Gasteiger partial charge in [0.05, 0.1) is 18.1 Å². The Hall–Kier alpha value is -3.40. The first-order valence-corrected chi connectivity index (χ1v) is 12.2. The molecule has 9 nitrogen and oxygen atoms in total. The van der Waals surface area contributed by atoms with Gasteiger partial charge >= 0.3 is 6.09 Å². The van der Waals surface area contributed by atoms with Crippen molar-refractivity contribution in [3.8, 4) is 0 Å². The van der Waals surface area contributed by atoms with Crippen LogP contribution in [0.5, 0.6) is 0 Å². The molecule has 0 aliphatic heterocycles. The largest absolute Gasteiger partial charge is 0.445 e. The molecule has 35 heavy (non-hydrogen) atoms. The summed E-state index contributed by atoms with van der Waals surface area (Å²) in [6.07, 6.45) is -0.200. The van der Waals surface area contributed by atoms with Gasteiger partial charge in [0, 0.05) is 31.7 Å². The number of aryl methyl sites for hydroxylation is 2. The Morgan fingerprint density at radius 2 is 1.77 bits per heavy atom.